The third kappa shape index (κ3) is 2.87. The van der Waals surface area contributed by atoms with Crippen molar-refractivity contribution in [2.45, 2.75) is 38.0 Å². The van der Waals surface area contributed by atoms with Crippen LogP contribution >= 0.6 is 0 Å². The van der Waals surface area contributed by atoms with Crippen LogP contribution in [0.1, 0.15) is 49.5 Å². The molecule has 1 aromatic heterocycles. The number of likely N-dealkylation sites (tertiary alicyclic amines) is 1. The maximum Gasteiger partial charge on any atom is 0.110 e. The van der Waals surface area contributed by atoms with E-state index in [0.29, 0.717) is 18.4 Å². The molecule has 17 heavy (non-hydrogen) atoms. The van der Waals surface area contributed by atoms with Crippen molar-refractivity contribution in [3.05, 3.63) is 17.7 Å². The standard InChI is InChI=1S/C13H24N4/c1-3-10(8-14)13-15-9-12(16-13)11-4-6-17(2)7-5-11/h9-11H,3-8,14H2,1-2H3,(H,15,16). The van der Waals surface area contributed by atoms with Crippen molar-refractivity contribution >= 4 is 0 Å². The number of nitrogens with two attached hydrogens (primary N) is 1. The van der Waals surface area contributed by atoms with Gasteiger partial charge in [-0.1, -0.05) is 6.92 Å². The Morgan fingerprint density at radius 3 is 2.82 bits per heavy atom. The van der Waals surface area contributed by atoms with Crippen LogP contribution in [-0.2, 0) is 0 Å². The van der Waals surface area contributed by atoms with Crippen LogP contribution < -0.4 is 5.73 Å². The van der Waals surface area contributed by atoms with Gasteiger partial charge in [0.05, 0.1) is 0 Å². The second-order valence-corrected chi connectivity index (χ2v) is 5.14. The maximum absolute atomic E-state index is 5.75. The smallest absolute Gasteiger partial charge is 0.110 e. The third-order valence-electron chi connectivity index (χ3n) is 3.94. The van der Waals surface area contributed by atoms with Gasteiger partial charge in [0.1, 0.15) is 5.82 Å². The molecule has 3 N–H and O–H groups in total. The normalized spacial score (nSPS) is 20.6. The van der Waals surface area contributed by atoms with E-state index in [1.807, 2.05) is 6.20 Å². The van der Waals surface area contributed by atoms with Crippen molar-refractivity contribution < 1.29 is 0 Å². The molecule has 0 aromatic carbocycles. The van der Waals surface area contributed by atoms with Crippen molar-refractivity contribution in [2.75, 3.05) is 26.7 Å². The molecule has 2 rings (SSSR count). The Hall–Kier alpha value is -0.870. The number of rotatable bonds is 4. The summed E-state index contributed by atoms with van der Waals surface area (Å²) >= 11 is 0. The average molecular weight is 236 g/mol. The van der Waals surface area contributed by atoms with Crippen molar-refractivity contribution in [2.24, 2.45) is 5.73 Å². The minimum Gasteiger partial charge on any atom is -0.345 e. The first-order valence-corrected chi connectivity index (χ1v) is 6.68. The predicted octanol–water partition coefficient (Wildman–Crippen LogP) is 1.67. The molecule has 0 amide bonds. The number of hydrogen-bond donors (Lipinski definition) is 2. The molecule has 4 nitrogen and oxygen atoms in total. The lowest BCUT2D eigenvalue weighted by atomic mass is 9.94. The number of nitrogens with zero attached hydrogens (tertiary/aromatic N) is 2. The molecule has 1 unspecified atom stereocenters. The van der Waals surface area contributed by atoms with Crippen LogP contribution in [0.15, 0.2) is 6.20 Å². The maximum atomic E-state index is 5.75. The Bertz CT molecular complexity index is 335. The van der Waals surface area contributed by atoms with E-state index in [2.05, 4.69) is 28.8 Å². The van der Waals surface area contributed by atoms with Gasteiger partial charge in [0.25, 0.3) is 0 Å². The fourth-order valence-corrected chi connectivity index (χ4v) is 2.56. The lowest BCUT2D eigenvalue weighted by Crippen LogP contribution is -2.29. The molecule has 1 aliphatic rings. The van der Waals surface area contributed by atoms with Gasteiger partial charge in [-0.15, -0.1) is 0 Å². The van der Waals surface area contributed by atoms with E-state index in [4.69, 9.17) is 5.73 Å². The average Bonchev–Trinajstić information content (AvgIpc) is 2.81. The van der Waals surface area contributed by atoms with Gasteiger partial charge in [-0.2, -0.15) is 0 Å². The van der Waals surface area contributed by atoms with Gasteiger partial charge in [0, 0.05) is 30.3 Å². The van der Waals surface area contributed by atoms with Crippen molar-refractivity contribution in [3.8, 4) is 0 Å². The highest BCUT2D eigenvalue weighted by molar-refractivity contribution is 5.11. The van der Waals surface area contributed by atoms with Gasteiger partial charge < -0.3 is 15.6 Å². The van der Waals surface area contributed by atoms with Crippen LogP contribution in [0.25, 0.3) is 0 Å². The highest BCUT2D eigenvalue weighted by atomic mass is 15.1. The summed E-state index contributed by atoms with van der Waals surface area (Å²) in [5.41, 5.74) is 7.06. The first-order chi connectivity index (χ1) is 8.24. The van der Waals surface area contributed by atoms with Gasteiger partial charge in [-0.25, -0.2) is 4.98 Å². The number of hydrogen-bond acceptors (Lipinski definition) is 3. The molecular formula is C13H24N4. The van der Waals surface area contributed by atoms with Crippen LogP contribution in [0.5, 0.6) is 0 Å². The van der Waals surface area contributed by atoms with E-state index in [9.17, 15) is 0 Å². The van der Waals surface area contributed by atoms with Gasteiger partial charge in [0.15, 0.2) is 0 Å². The molecule has 0 radical (unpaired) electrons. The summed E-state index contributed by atoms with van der Waals surface area (Å²) in [6, 6.07) is 0. The van der Waals surface area contributed by atoms with Crippen LogP contribution in [0.4, 0.5) is 0 Å². The number of aromatic amines is 1. The van der Waals surface area contributed by atoms with E-state index in [1.54, 1.807) is 0 Å². The lowest BCUT2D eigenvalue weighted by Gasteiger charge is -2.28. The Kier molecular flexibility index (Phi) is 4.18. The second kappa shape index (κ2) is 5.65. The van der Waals surface area contributed by atoms with Gasteiger partial charge in [-0.05, 0) is 39.4 Å². The summed E-state index contributed by atoms with van der Waals surface area (Å²) in [4.78, 5) is 10.4. The molecule has 0 spiro atoms. The van der Waals surface area contributed by atoms with Crippen molar-refractivity contribution in [1.82, 2.24) is 14.9 Å². The minimum absolute atomic E-state index is 0.384. The van der Waals surface area contributed by atoms with E-state index < -0.39 is 0 Å². The molecule has 1 aromatic rings. The van der Waals surface area contributed by atoms with E-state index in [1.165, 1.54) is 31.6 Å². The Morgan fingerprint density at radius 2 is 2.24 bits per heavy atom. The Morgan fingerprint density at radius 1 is 1.53 bits per heavy atom. The zero-order valence-corrected chi connectivity index (χ0v) is 10.9. The summed E-state index contributed by atoms with van der Waals surface area (Å²) in [7, 11) is 2.19. The van der Waals surface area contributed by atoms with Crippen LogP contribution in [0.2, 0.25) is 0 Å². The van der Waals surface area contributed by atoms with Crippen LogP contribution in [0, 0.1) is 0 Å². The molecule has 1 saturated heterocycles. The van der Waals surface area contributed by atoms with Crippen molar-refractivity contribution in [3.63, 3.8) is 0 Å². The molecular weight excluding hydrogens is 212 g/mol. The fraction of sp³-hybridized carbons (Fsp3) is 0.769. The summed E-state index contributed by atoms with van der Waals surface area (Å²) in [5.74, 6) is 2.11. The molecule has 1 aliphatic heterocycles. The van der Waals surface area contributed by atoms with E-state index in [-0.39, 0.29) is 0 Å². The number of aromatic nitrogens is 2. The predicted molar refractivity (Wildman–Crippen MR) is 70.1 cm³/mol. The zero-order valence-electron chi connectivity index (χ0n) is 10.9. The monoisotopic (exact) mass is 236 g/mol. The number of nitrogens with one attached hydrogen (secondary N) is 1. The van der Waals surface area contributed by atoms with Crippen LogP contribution in [0.3, 0.4) is 0 Å². The Labute approximate surface area is 104 Å². The SMILES string of the molecule is CCC(CN)c1ncc(C2CCN(C)CC2)[nH]1. The molecule has 0 aliphatic carbocycles. The minimum atomic E-state index is 0.384. The van der Waals surface area contributed by atoms with Gasteiger partial charge in [0.2, 0.25) is 0 Å². The van der Waals surface area contributed by atoms with E-state index in [0.717, 1.165) is 12.2 Å². The van der Waals surface area contributed by atoms with Gasteiger partial charge >= 0.3 is 0 Å². The summed E-state index contributed by atoms with van der Waals surface area (Å²) in [5, 5.41) is 0. The third-order valence-corrected chi connectivity index (χ3v) is 3.94. The highest BCUT2D eigenvalue weighted by Crippen LogP contribution is 2.27. The number of piperidine rings is 1. The molecule has 1 atom stereocenters. The molecule has 4 heteroatoms. The number of H-pyrrole nitrogens is 1. The second-order valence-electron chi connectivity index (χ2n) is 5.14. The van der Waals surface area contributed by atoms with Gasteiger partial charge in [-0.3, -0.25) is 0 Å². The molecule has 1 fully saturated rings. The quantitative estimate of drug-likeness (QED) is 0.836. The molecule has 0 saturated carbocycles. The Balaban J connectivity index is 2.02. The topological polar surface area (TPSA) is 57.9 Å². The fourth-order valence-electron chi connectivity index (χ4n) is 2.56. The zero-order chi connectivity index (χ0) is 12.3. The summed E-state index contributed by atoms with van der Waals surface area (Å²) in [6.45, 7) is 5.21. The summed E-state index contributed by atoms with van der Waals surface area (Å²) < 4.78 is 0. The molecule has 96 valence electrons. The molecule has 0 bridgehead atoms. The van der Waals surface area contributed by atoms with Crippen molar-refractivity contribution in [1.29, 1.82) is 0 Å². The molecule has 2 heterocycles. The first kappa shape index (κ1) is 12.6. The largest absolute Gasteiger partial charge is 0.345 e. The van der Waals surface area contributed by atoms with Crippen LogP contribution in [-0.4, -0.2) is 41.5 Å². The summed E-state index contributed by atoms with van der Waals surface area (Å²) in [6.07, 6.45) is 5.54. The van der Waals surface area contributed by atoms with E-state index >= 15 is 0 Å². The number of imidazole rings is 1. The lowest BCUT2D eigenvalue weighted by molar-refractivity contribution is 0.253. The first-order valence-electron chi connectivity index (χ1n) is 6.68. The highest BCUT2D eigenvalue weighted by Gasteiger charge is 2.21.